The minimum Gasteiger partial charge on any atom is -0.359 e. The Bertz CT molecular complexity index is 920. The van der Waals surface area contributed by atoms with Crippen LogP contribution in [0, 0.1) is 0 Å². The van der Waals surface area contributed by atoms with Gasteiger partial charge in [-0.15, -0.1) is 24.0 Å². The first kappa shape index (κ1) is 22.1. The fourth-order valence-electron chi connectivity index (χ4n) is 4.19. The number of para-hydroxylation sites is 2. The minimum atomic E-state index is 0. The summed E-state index contributed by atoms with van der Waals surface area (Å²) < 4.78 is 0. The monoisotopic (exact) mass is 519 g/mol. The quantitative estimate of drug-likeness (QED) is 0.430. The Morgan fingerprint density at radius 1 is 0.966 bits per heavy atom. The van der Waals surface area contributed by atoms with Crippen molar-refractivity contribution < 1.29 is 0 Å². The number of rotatable bonds is 5. The summed E-state index contributed by atoms with van der Waals surface area (Å²) in [4.78, 5) is 8.63. The molecule has 0 radical (unpaired) electrons. The van der Waals surface area contributed by atoms with Gasteiger partial charge in [-0.1, -0.05) is 42.1 Å². The summed E-state index contributed by atoms with van der Waals surface area (Å²) >= 11 is 1.95. The number of hydrogen-bond acceptors (Lipinski definition) is 4. The lowest BCUT2D eigenvalue weighted by molar-refractivity contribution is 0.373. The predicted molar refractivity (Wildman–Crippen MR) is 138 cm³/mol. The zero-order valence-electron chi connectivity index (χ0n) is 17.6. The van der Waals surface area contributed by atoms with Crippen molar-refractivity contribution in [3.8, 4) is 0 Å². The van der Waals surface area contributed by atoms with Crippen LogP contribution in [-0.2, 0) is 0 Å². The second-order valence-corrected chi connectivity index (χ2v) is 8.29. The van der Waals surface area contributed by atoms with E-state index in [0.717, 1.165) is 19.6 Å². The van der Waals surface area contributed by atoms with E-state index in [1.807, 2.05) is 11.8 Å². The summed E-state index contributed by atoms with van der Waals surface area (Å²) in [7, 11) is 2.18. The van der Waals surface area contributed by atoms with Crippen molar-refractivity contribution in [2.24, 2.45) is 0 Å². The van der Waals surface area contributed by atoms with E-state index in [1.54, 1.807) is 0 Å². The number of halogens is 1. The van der Waals surface area contributed by atoms with Gasteiger partial charge in [-0.25, -0.2) is 0 Å². The molecule has 0 bridgehead atoms. The van der Waals surface area contributed by atoms with Gasteiger partial charge in [0.05, 0.1) is 11.1 Å². The van der Waals surface area contributed by atoms with Gasteiger partial charge in [0.25, 0.3) is 0 Å². The van der Waals surface area contributed by atoms with Gasteiger partial charge in [-0.05, 0) is 56.7 Å². The molecular formula is C24H30IN3S. The van der Waals surface area contributed by atoms with Crippen molar-refractivity contribution in [2.75, 3.05) is 36.5 Å². The van der Waals surface area contributed by atoms with Crippen LogP contribution >= 0.6 is 35.7 Å². The second kappa shape index (κ2) is 9.47. The molecule has 0 spiro atoms. The summed E-state index contributed by atoms with van der Waals surface area (Å²) in [5, 5.41) is 0.322. The molecule has 1 atom stereocenters. The van der Waals surface area contributed by atoms with Crippen molar-refractivity contribution in [3.63, 3.8) is 0 Å². The SMILES string of the molecule is CCN(CC)C1=CC(=CC2Sc3ccccc3N2CC)c2ccccc2N1C.I. The van der Waals surface area contributed by atoms with E-state index in [2.05, 4.69) is 103 Å². The van der Waals surface area contributed by atoms with Crippen LogP contribution in [-0.4, -0.2) is 37.0 Å². The third kappa shape index (κ3) is 4.04. The van der Waals surface area contributed by atoms with E-state index in [1.165, 1.54) is 33.2 Å². The molecule has 2 aliphatic rings. The molecule has 1 unspecified atom stereocenters. The van der Waals surface area contributed by atoms with Crippen molar-refractivity contribution >= 4 is 52.7 Å². The number of fused-ring (bicyclic) bond motifs is 2. The van der Waals surface area contributed by atoms with Crippen molar-refractivity contribution in [1.29, 1.82) is 0 Å². The highest BCUT2D eigenvalue weighted by Gasteiger charge is 2.29. The smallest absolute Gasteiger partial charge is 0.109 e. The molecule has 2 aliphatic heterocycles. The largest absolute Gasteiger partial charge is 0.359 e. The maximum absolute atomic E-state index is 2.50. The first-order chi connectivity index (χ1) is 13.7. The second-order valence-electron chi connectivity index (χ2n) is 7.14. The normalized spacial score (nSPS) is 18.8. The fourth-order valence-corrected chi connectivity index (χ4v) is 5.52. The molecule has 0 aliphatic carbocycles. The van der Waals surface area contributed by atoms with Gasteiger partial charge in [0.1, 0.15) is 5.82 Å². The number of benzene rings is 2. The van der Waals surface area contributed by atoms with Gasteiger partial charge in [-0.3, -0.25) is 0 Å². The Balaban J connectivity index is 0.00000240. The molecular weight excluding hydrogens is 489 g/mol. The molecule has 4 rings (SSSR count). The van der Waals surface area contributed by atoms with Crippen LogP contribution in [0.4, 0.5) is 11.4 Å². The van der Waals surface area contributed by atoms with Crippen molar-refractivity contribution in [1.82, 2.24) is 4.90 Å². The Labute approximate surface area is 196 Å². The molecule has 0 saturated carbocycles. The first-order valence-electron chi connectivity index (χ1n) is 10.2. The Hall–Kier alpha value is -1.60. The van der Waals surface area contributed by atoms with Gasteiger partial charge in [-0.2, -0.15) is 0 Å². The van der Waals surface area contributed by atoms with E-state index >= 15 is 0 Å². The summed E-state index contributed by atoms with van der Waals surface area (Å²) in [6.45, 7) is 9.72. The number of nitrogens with zero attached hydrogens (tertiary/aromatic N) is 3. The number of allylic oxidation sites excluding steroid dienone is 2. The van der Waals surface area contributed by atoms with Crippen LogP contribution in [0.3, 0.4) is 0 Å². The van der Waals surface area contributed by atoms with Crippen LogP contribution in [0.15, 0.2) is 71.4 Å². The molecule has 29 heavy (non-hydrogen) atoms. The highest BCUT2D eigenvalue weighted by molar-refractivity contribution is 14.0. The zero-order chi connectivity index (χ0) is 19.7. The first-order valence-corrected chi connectivity index (χ1v) is 11.1. The molecule has 154 valence electrons. The number of anilines is 2. The highest BCUT2D eigenvalue weighted by Crippen LogP contribution is 2.45. The van der Waals surface area contributed by atoms with Crippen molar-refractivity contribution in [3.05, 3.63) is 72.1 Å². The van der Waals surface area contributed by atoms with Crippen LogP contribution in [0.1, 0.15) is 26.3 Å². The van der Waals surface area contributed by atoms with E-state index in [-0.39, 0.29) is 24.0 Å². The number of thioether (sulfide) groups is 1. The standard InChI is InChI=1S/C24H29N3S.HI/c1-5-26(6-2)23-16-18(19-12-8-9-13-20(19)25(23)4)17-24-27(7-3)21-14-10-11-15-22(21)28-24;/h8-17,24H,5-7H2,1-4H3;1H. The summed E-state index contributed by atoms with van der Waals surface area (Å²) in [6.07, 6.45) is 4.82. The molecule has 0 amide bonds. The summed E-state index contributed by atoms with van der Waals surface area (Å²) in [5.74, 6) is 1.28. The molecule has 0 aromatic heterocycles. The van der Waals surface area contributed by atoms with Gasteiger partial charge in [0.15, 0.2) is 0 Å². The van der Waals surface area contributed by atoms with E-state index in [0.29, 0.717) is 5.37 Å². The lowest BCUT2D eigenvalue weighted by Gasteiger charge is -2.37. The van der Waals surface area contributed by atoms with Gasteiger partial charge in [0.2, 0.25) is 0 Å². The fraction of sp³-hybridized carbons (Fsp3) is 0.333. The van der Waals surface area contributed by atoms with Crippen molar-refractivity contribution in [2.45, 2.75) is 31.0 Å². The molecule has 0 N–H and O–H groups in total. The van der Waals surface area contributed by atoms with E-state index in [9.17, 15) is 0 Å². The van der Waals surface area contributed by atoms with Crippen LogP contribution < -0.4 is 9.80 Å². The van der Waals surface area contributed by atoms with E-state index in [4.69, 9.17) is 0 Å². The summed E-state index contributed by atoms with van der Waals surface area (Å²) in [5.41, 5.74) is 5.26. The van der Waals surface area contributed by atoms with Gasteiger partial charge < -0.3 is 14.7 Å². The lowest BCUT2D eigenvalue weighted by Crippen LogP contribution is -2.35. The predicted octanol–water partition coefficient (Wildman–Crippen LogP) is 6.28. The van der Waals surface area contributed by atoms with E-state index < -0.39 is 0 Å². The zero-order valence-corrected chi connectivity index (χ0v) is 20.8. The molecule has 0 saturated heterocycles. The molecule has 0 fully saturated rings. The third-order valence-electron chi connectivity index (χ3n) is 5.68. The number of likely N-dealkylation sites (N-methyl/N-ethyl adjacent to an activating group) is 1. The Morgan fingerprint density at radius 2 is 1.62 bits per heavy atom. The topological polar surface area (TPSA) is 9.72 Å². The summed E-state index contributed by atoms with van der Waals surface area (Å²) in [6, 6.07) is 17.5. The Kier molecular flexibility index (Phi) is 7.22. The highest BCUT2D eigenvalue weighted by atomic mass is 127. The molecule has 2 heterocycles. The van der Waals surface area contributed by atoms with Crippen LogP contribution in [0.2, 0.25) is 0 Å². The maximum atomic E-state index is 2.50. The minimum absolute atomic E-state index is 0. The van der Waals surface area contributed by atoms with Crippen LogP contribution in [0.5, 0.6) is 0 Å². The molecule has 5 heteroatoms. The average molecular weight is 519 g/mol. The van der Waals surface area contributed by atoms with Crippen LogP contribution in [0.25, 0.3) is 5.57 Å². The average Bonchev–Trinajstić information content (AvgIpc) is 3.09. The van der Waals surface area contributed by atoms with Gasteiger partial charge in [0, 0.05) is 42.8 Å². The lowest BCUT2D eigenvalue weighted by atomic mass is 9.98. The molecule has 2 aromatic rings. The van der Waals surface area contributed by atoms with Gasteiger partial charge >= 0.3 is 0 Å². The number of hydrogen-bond donors (Lipinski definition) is 0. The molecule has 3 nitrogen and oxygen atoms in total. The molecule has 2 aromatic carbocycles. The third-order valence-corrected chi connectivity index (χ3v) is 6.92. The Morgan fingerprint density at radius 3 is 2.31 bits per heavy atom. The maximum Gasteiger partial charge on any atom is 0.109 e.